The Morgan fingerprint density at radius 3 is 2.48 bits per heavy atom. The van der Waals surface area contributed by atoms with E-state index in [0.717, 1.165) is 62.4 Å². The van der Waals surface area contributed by atoms with Crippen LogP contribution >= 0.6 is 24.0 Å². The van der Waals surface area contributed by atoms with E-state index < -0.39 is 0 Å². The molecule has 31 heavy (non-hydrogen) atoms. The Hall–Kier alpha value is -1.87. The smallest absolute Gasteiger partial charge is 0.213 e. The second kappa shape index (κ2) is 12.2. The van der Waals surface area contributed by atoms with E-state index in [1.54, 1.807) is 0 Å². The number of rotatable bonds is 8. The van der Waals surface area contributed by atoms with E-state index in [-0.39, 0.29) is 24.0 Å². The molecule has 4 rings (SSSR count). The number of hydrogen-bond acceptors (Lipinski definition) is 4. The van der Waals surface area contributed by atoms with Crippen molar-refractivity contribution in [3.05, 3.63) is 59.8 Å². The van der Waals surface area contributed by atoms with Crippen molar-refractivity contribution in [2.24, 2.45) is 10.9 Å². The summed E-state index contributed by atoms with van der Waals surface area (Å²) in [6, 6.07) is 15.2. The van der Waals surface area contributed by atoms with E-state index in [9.17, 15) is 0 Å². The molecule has 0 atom stereocenters. The van der Waals surface area contributed by atoms with Crippen LogP contribution in [0.2, 0.25) is 0 Å². The highest BCUT2D eigenvalue weighted by Gasteiger charge is 2.22. The molecule has 2 N–H and O–H groups in total. The van der Waals surface area contributed by atoms with Crippen LogP contribution in [0.15, 0.2) is 53.7 Å². The molecule has 1 aliphatic heterocycles. The third-order valence-electron chi connectivity index (χ3n) is 5.82. The van der Waals surface area contributed by atoms with Gasteiger partial charge in [-0.1, -0.05) is 36.4 Å². The molecule has 1 saturated carbocycles. The van der Waals surface area contributed by atoms with Gasteiger partial charge in [-0.05, 0) is 42.7 Å². The maximum Gasteiger partial charge on any atom is 0.213 e. The van der Waals surface area contributed by atoms with Gasteiger partial charge < -0.3 is 15.4 Å². The molecule has 168 valence electrons. The Bertz CT molecular complexity index is 802. The largest absolute Gasteiger partial charge is 0.477 e. The lowest BCUT2D eigenvalue weighted by Gasteiger charge is -2.33. The molecule has 2 fully saturated rings. The first kappa shape index (κ1) is 23.8. The molecule has 0 unspecified atom stereocenters. The Kier molecular flexibility index (Phi) is 9.39. The number of halogens is 1. The van der Waals surface area contributed by atoms with Crippen LogP contribution in [0.3, 0.4) is 0 Å². The van der Waals surface area contributed by atoms with Gasteiger partial charge in [0.2, 0.25) is 5.88 Å². The molecule has 1 saturated heterocycles. The Balaban J connectivity index is 0.00000272. The molecule has 0 radical (unpaired) electrons. The third-order valence-corrected chi connectivity index (χ3v) is 5.82. The van der Waals surface area contributed by atoms with Crippen LogP contribution < -0.4 is 15.4 Å². The molecule has 2 aliphatic rings. The van der Waals surface area contributed by atoms with Gasteiger partial charge in [-0.15, -0.1) is 24.0 Å². The molecule has 2 aromatic rings. The van der Waals surface area contributed by atoms with Gasteiger partial charge in [0.25, 0.3) is 0 Å². The van der Waals surface area contributed by atoms with Crippen molar-refractivity contribution < 1.29 is 4.74 Å². The van der Waals surface area contributed by atoms with E-state index in [1.807, 2.05) is 19.3 Å². The minimum absolute atomic E-state index is 0. The van der Waals surface area contributed by atoms with Crippen molar-refractivity contribution in [1.82, 2.24) is 20.5 Å². The van der Waals surface area contributed by atoms with E-state index in [1.165, 1.54) is 18.4 Å². The van der Waals surface area contributed by atoms with Gasteiger partial charge in [0.1, 0.15) is 0 Å². The zero-order valence-corrected chi connectivity index (χ0v) is 20.6. The molecular weight excluding hydrogens is 501 g/mol. The topological polar surface area (TPSA) is 61.8 Å². The summed E-state index contributed by atoms with van der Waals surface area (Å²) in [7, 11) is 1.83. The molecule has 2 heterocycles. The highest BCUT2D eigenvalue weighted by Crippen LogP contribution is 2.29. The van der Waals surface area contributed by atoms with Gasteiger partial charge in [-0.3, -0.25) is 9.89 Å². The third kappa shape index (κ3) is 7.96. The van der Waals surface area contributed by atoms with Crippen molar-refractivity contribution in [2.45, 2.75) is 44.8 Å². The second-order valence-corrected chi connectivity index (χ2v) is 8.37. The van der Waals surface area contributed by atoms with Crippen LogP contribution in [0.25, 0.3) is 0 Å². The predicted molar refractivity (Wildman–Crippen MR) is 136 cm³/mol. The van der Waals surface area contributed by atoms with Crippen LogP contribution in [0.1, 0.15) is 36.8 Å². The van der Waals surface area contributed by atoms with Gasteiger partial charge in [-0.2, -0.15) is 0 Å². The van der Waals surface area contributed by atoms with Crippen molar-refractivity contribution in [3.63, 3.8) is 0 Å². The first-order valence-electron chi connectivity index (χ1n) is 11.1. The van der Waals surface area contributed by atoms with Crippen molar-refractivity contribution in [1.29, 1.82) is 0 Å². The summed E-state index contributed by atoms with van der Waals surface area (Å²) >= 11 is 0. The van der Waals surface area contributed by atoms with Crippen LogP contribution in [-0.4, -0.2) is 48.6 Å². The lowest BCUT2D eigenvalue weighted by molar-refractivity contribution is 0.198. The minimum Gasteiger partial charge on any atom is -0.477 e. The number of piperidine rings is 1. The van der Waals surface area contributed by atoms with Crippen molar-refractivity contribution in [3.8, 4) is 5.88 Å². The molecule has 0 spiro atoms. The average molecular weight is 535 g/mol. The minimum atomic E-state index is 0. The molecule has 7 heteroatoms. The van der Waals surface area contributed by atoms with Gasteiger partial charge >= 0.3 is 0 Å². The lowest BCUT2D eigenvalue weighted by atomic mass is 10.0. The van der Waals surface area contributed by atoms with E-state index in [4.69, 9.17) is 4.74 Å². The fraction of sp³-hybridized carbons (Fsp3) is 0.500. The number of aromatic nitrogens is 1. The monoisotopic (exact) mass is 535 g/mol. The summed E-state index contributed by atoms with van der Waals surface area (Å²) in [5.41, 5.74) is 2.51. The number of benzene rings is 1. The SMILES string of the molecule is CN=C(NCc1ccc(OCC2CC2)nc1)NC1CCN(Cc2ccccc2)CC1.I. The van der Waals surface area contributed by atoms with E-state index >= 15 is 0 Å². The molecule has 1 aliphatic carbocycles. The molecule has 0 bridgehead atoms. The average Bonchev–Trinajstić information content (AvgIpc) is 3.62. The first-order valence-corrected chi connectivity index (χ1v) is 11.1. The fourth-order valence-corrected chi connectivity index (χ4v) is 3.74. The number of aliphatic imine (C=N–C) groups is 1. The summed E-state index contributed by atoms with van der Waals surface area (Å²) in [6.07, 6.45) is 6.72. The zero-order valence-electron chi connectivity index (χ0n) is 18.3. The number of guanidine groups is 1. The van der Waals surface area contributed by atoms with Crippen molar-refractivity contribution >= 4 is 29.9 Å². The van der Waals surface area contributed by atoms with Crippen LogP contribution in [0.4, 0.5) is 0 Å². The molecule has 1 aromatic heterocycles. The number of nitrogens with one attached hydrogen (secondary N) is 2. The van der Waals surface area contributed by atoms with Gasteiger partial charge in [0, 0.05) is 51.5 Å². The van der Waals surface area contributed by atoms with Gasteiger partial charge in [0.05, 0.1) is 6.61 Å². The second-order valence-electron chi connectivity index (χ2n) is 8.37. The normalized spacial score (nSPS) is 17.6. The Morgan fingerprint density at radius 1 is 1.06 bits per heavy atom. The van der Waals surface area contributed by atoms with Crippen molar-refractivity contribution in [2.75, 3.05) is 26.7 Å². The van der Waals surface area contributed by atoms with Gasteiger partial charge in [0.15, 0.2) is 5.96 Å². The fourth-order valence-electron chi connectivity index (χ4n) is 3.74. The molecule has 0 amide bonds. The summed E-state index contributed by atoms with van der Waals surface area (Å²) in [4.78, 5) is 11.3. The highest BCUT2D eigenvalue weighted by atomic mass is 127. The summed E-state index contributed by atoms with van der Waals surface area (Å²) < 4.78 is 5.71. The maximum atomic E-state index is 5.71. The summed E-state index contributed by atoms with van der Waals surface area (Å²) in [5, 5.41) is 6.99. The van der Waals surface area contributed by atoms with Crippen LogP contribution in [-0.2, 0) is 13.1 Å². The number of nitrogens with zero attached hydrogens (tertiary/aromatic N) is 3. The quantitative estimate of drug-likeness (QED) is 0.306. The lowest BCUT2D eigenvalue weighted by Crippen LogP contribution is -2.48. The summed E-state index contributed by atoms with van der Waals surface area (Å²) in [5.74, 6) is 2.31. The first-order chi connectivity index (χ1) is 14.8. The number of pyridine rings is 1. The van der Waals surface area contributed by atoms with Crippen LogP contribution in [0.5, 0.6) is 5.88 Å². The Morgan fingerprint density at radius 2 is 1.84 bits per heavy atom. The number of hydrogen-bond donors (Lipinski definition) is 2. The van der Waals surface area contributed by atoms with Crippen LogP contribution in [0, 0.1) is 5.92 Å². The number of ether oxygens (including phenoxy) is 1. The molecular formula is C24H34IN5O. The molecule has 6 nitrogen and oxygen atoms in total. The predicted octanol–water partition coefficient (Wildman–Crippen LogP) is 3.82. The maximum absolute atomic E-state index is 5.71. The van der Waals surface area contributed by atoms with Gasteiger partial charge in [-0.25, -0.2) is 4.98 Å². The molecule has 1 aromatic carbocycles. The summed E-state index contributed by atoms with van der Waals surface area (Å²) in [6.45, 7) is 4.74. The van der Waals surface area contributed by atoms with E-state index in [2.05, 4.69) is 61.9 Å². The standard InChI is InChI=1S/C24H33N5O.HI/c1-25-24(27-16-21-9-10-23(26-15-21)30-18-20-7-8-20)28-22-11-13-29(14-12-22)17-19-5-3-2-4-6-19;/h2-6,9-10,15,20,22H,7-8,11-14,16-18H2,1H3,(H2,25,27,28);1H. The Labute approximate surface area is 202 Å². The highest BCUT2D eigenvalue weighted by molar-refractivity contribution is 14.0. The van der Waals surface area contributed by atoms with E-state index in [0.29, 0.717) is 12.6 Å². The number of likely N-dealkylation sites (tertiary alicyclic amines) is 1. The zero-order chi connectivity index (χ0) is 20.6.